The fraction of sp³-hybridized carbons (Fsp3) is 0.207. The minimum absolute atomic E-state index is 0.0105. The highest BCUT2D eigenvalue weighted by Gasteiger charge is 2.43. The summed E-state index contributed by atoms with van der Waals surface area (Å²) in [6.07, 6.45) is 0.798. The molecule has 41 heavy (non-hydrogen) atoms. The number of ether oxygens (including phenoxy) is 2. The second kappa shape index (κ2) is 13.2. The fourth-order valence-corrected chi connectivity index (χ4v) is 6.08. The van der Waals surface area contributed by atoms with Crippen molar-refractivity contribution in [3.05, 3.63) is 99.5 Å². The van der Waals surface area contributed by atoms with Crippen molar-refractivity contribution in [1.29, 1.82) is 0 Å². The summed E-state index contributed by atoms with van der Waals surface area (Å²) in [6.45, 7) is -0.258. The molecule has 0 aliphatic carbocycles. The Morgan fingerprint density at radius 1 is 1.02 bits per heavy atom. The van der Waals surface area contributed by atoms with Crippen molar-refractivity contribution in [3.63, 3.8) is 0 Å². The summed E-state index contributed by atoms with van der Waals surface area (Å²) in [5, 5.41) is 3.26. The number of hydrogen-bond donors (Lipinski definition) is 1. The molecule has 1 atom stereocenters. The van der Waals surface area contributed by atoms with Gasteiger partial charge in [0.15, 0.2) is 0 Å². The van der Waals surface area contributed by atoms with Gasteiger partial charge in [-0.05, 0) is 60.5 Å². The Labute approximate surface area is 247 Å². The predicted octanol–water partition coefficient (Wildman–Crippen LogP) is 4.62. The summed E-state index contributed by atoms with van der Waals surface area (Å²) in [7, 11) is -3.13. The number of esters is 1. The average Bonchev–Trinajstić information content (AvgIpc) is 3.07. The van der Waals surface area contributed by atoms with Gasteiger partial charge in [0.05, 0.1) is 12.0 Å². The number of rotatable bonds is 9. The molecule has 0 saturated carbocycles. The third-order valence-electron chi connectivity index (χ3n) is 6.27. The first-order chi connectivity index (χ1) is 19.6. The zero-order valence-corrected chi connectivity index (χ0v) is 24.2. The molecule has 1 fully saturated rings. The minimum Gasteiger partial charge on any atom is -0.496 e. The standard InChI is InChI=1S/C29H26Cl2N2O7S/c1-39-26-13-9-23(31)16-20(26)15-21-17-32-28(35)25(12-14-27(34)40-18-19-5-3-2-4-6-19)33(29(21)36)41(37,38)24-10-7-22(30)8-11-24/h2-11,13,15-16,25H,12,14,17-18H2,1H3,(H,32,35)/t25-/m1/s1. The van der Waals surface area contributed by atoms with E-state index in [0.717, 1.165) is 5.56 Å². The molecule has 0 aromatic heterocycles. The Balaban J connectivity index is 1.68. The molecule has 1 aliphatic rings. The van der Waals surface area contributed by atoms with E-state index in [1.807, 2.05) is 6.07 Å². The van der Waals surface area contributed by atoms with E-state index in [1.54, 1.807) is 42.5 Å². The van der Waals surface area contributed by atoms with E-state index < -0.39 is 33.8 Å². The first kappa shape index (κ1) is 30.1. The Hall–Kier alpha value is -3.86. The maximum Gasteiger partial charge on any atom is 0.306 e. The van der Waals surface area contributed by atoms with Gasteiger partial charge in [-0.2, -0.15) is 0 Å². The number of carbonyl (C=O) groups excluding carboxylic acids is 3. The number of amides is 2. The molecule has 3 aromatic rings. The van der Waals surface area contributed by atoms with Crippen LogP contribution in [0.15, 0.2) is 83.3 Å². The molecule has 1 heterocycles. The second-order valence-corrected chi connectivity index (χ2v) is 11.7. The SMILES string of the molecule is COc1ccc(Cl)cc1C=C1CNC(=O)[C@@H](CCC(=O)OCc2ccccc2)N(S(=O)(=O)c2ccc(Cl)cc2)C1=O. The first-order valence-corrected chi connectivity index (χ1v) is 14.7. The van der Waals surface area contributed by atoms with Gasteiger partial charge in [0.2, 0.25) is 5.91 Å². The quantitative estimate of drug-likeness (QED) is 0.275. The van der Waals surface area contributed by atoms with Crippen LogP contribution in [0.1, 0.15) is 24.0 Å². The van der Waals surface area contributed by atoms with Gasteiger partial charge in [-0.3, -0.25) is 14.4 Å². The lowest BCUT2D eigenvalue weighted by atomic mass is 10.1. The molecular weight excluding hydrogens is 591 g/mol. The van der Waals surface area contributed by atoms with Crippen LogP contribution in [-0.2, 0) is 35.8 Å². The highest BCUT2D eigenvalue weighted by Crippen LogP contribution is 2.29. The highest BCUT2D eigenvalue weighted by molar-refractivity contribution is 7.89. The summed E-state index contributed by atoms with van der Waals surface area (Å²) in [4.78, 5) is 39.5. The van der Waals surface area contributed by atoms with Crippen LogP contribution in [0.5, 0.6) is 5.75 Å². The number of methoxy groups -OCH3 is 1. The maximum atomic E-state index is 13.9. The summed E-state index contributed by atoms with van der Waals surface area (Å²) < 4.78 is 38.8. The Kier molecular flexibility index (Phi) is 9.69. The van der Waals surface area contributed by atoms with Crippen molar-refractivity contribution >= 4 is 57.1 Å². The van der Waals surface area contributed by atoms with Gasteiger partial charge < -0.3 is 14.8 Å². The highest BCUT2D eigenvalue weighted by atomic mass is 35.5. The molecule has 1 saturated heterocycles. The summed E-state index contributed by atoms with van der Waals surface area (Å²) in [5.74, 6) is -1.95. The van der Waals surface area contributed by atoms with E-state index in [-0.39, 0.29) is 41.5 Å². The molecule has 0 radical (unpaired) electrons. The molecule has 4 rings (SSSR count). The lowest BCUT2D eigenvalue weighted by molar-refractivity contribution is -0.145. The number of benzene rings is 3. The topological polar surface area (TPSA) is 119 Å². The van der Waals surface area contributed by atoms with Crippen LogP contribution in [0, 0.1) is 0 Å². The largest absolute Gasteiger partial charge is 0.496 e. The van der Waals surface area contributed by atoms with E-state index in [9.17, 15) is 22.8 Å². The van der Waals surface area contributed by atoms with Gasteiger partial charge in [-0.1, -0.05) is 53.5 Å². The van der Waals surface area contributed by atoms with Crippen molar-refractivity contribution in [3.8, 4) is 5.75 Å². The molecule has 0 unspecified atom stereocenters. The van der Waals surface area contributed by atoms with Crippen LogP contribution in [0.25, 0.3) is 6.08 Å². The number of sulfonamides is 1. The molecule has 0 bridgehead atoms. The van der Waals surface area contributed by atoms with Crippen molar-refractivity contribution < 1.29 is 32.3 Å². The third-order valence-corrected chi connectivity index (χ3v) is 8.56. The molecule has 0 spiro atoms. The molecular formula is C29H26Cl2N2O7S. The number of hydrogen-bond acceptors (Lipinski definition) is 7. The van der Waals surface area contributed by atoms with Crippen LogP contribution in [0.4, 0.5) is 0 Å². The van der Waals surface area contributed by atoms with Crippen LogP contribution in [0.2, 0.25) is 10.0 Å². The number of nitrogens with one attached hydrogen (secondary N) is 1. The molecule has 9 nitrogen and oxygen atoms in total. The Morgan fingerprint density at radius 3 is 2.39 bits per heavy atom. The van der Waals surface area contributed by atoms with Crippen LogP contribution < -0.4 is 10.1 Å². The van der Waals surface area contributed by atoms with E-state index in [1.165, 1.54) is 37.5 Å². The molecule has 214 valence electrons. The Morgan fingerprint density at radius 2 is 1.71 bits per heavy atom. The number of halogens is 2. The lowest BCUT2D eigenvalue weighted by Gasteiger charge is -2.28. The number of carbonyl (C=O) groups is 3. The van der Waals surface area contributed by atoms with Gasteiger partial charge in [0.25, 0.3) is 15.9 Å². The first-order valence-electron chi connectivity index (χ1n) is 12.5. The zero-order chi connectivity index (χ0) is 29.6. The van der Waals surface area contributed by atoms with Crippen molar-refractivity contribution in [2.75, 3.05) is 13.7 Å². The maximum absolute atomic E-state index is 13.9. The lowest BCUT2D eigenvalue weighted by Crippen LogP contribution is -2.49. The van der Waals surface area contributed by atoms with E-state index in [0.29, 0.717) is 20.6 Å². The van der Waals surface area contributed by atoms with Gasteiger partial charge >= 0.3 is 5.97 Å². The smallest absolute Gasteiger partial charge is 0.306 e. The number of nitrogens with zero attached hydrogens (tertiary/aromatic N) is 1. The normalized spacial score (nSPS) is 16.7. The van der Waals surface area contributed by atoms with E-state index in [2.05, 4.69) is 5.32 Å². The van der Waals surface area contributed by atoms with E-state index >= 15 is 0 Å². The van der Waals surface area contributed by atoms with Gasteiger partial charge in [-0.15, -0.1) is 0 Å². The van der Waals surface area contributed by atoms with Gasteiger partial charge in [0.1, 0.15) is 18.4 Å². The van der Waals surface area contributed by atoms with Crippen LogP contribution >= 0.6 is 23.2 Å². The zero-order valence-electron chi connectivity index (χ0n) is 21.9. The third kappa shape index (κ3) is 7.27. The predicted molar refractivity (Wildman–Crippen MR) is 154 cm³/mol. The monoisotopic (exact) mass is 616 g/mol. The van der Waals surface area contributed by atoms with Gasteiger partial charge in [0, 0.05) is 34.1 Å². The molecule has 1 aliphatic heterocycles. The minimum atomic E-state index is -4.57. The fourth-order valence-electron chi connectivity index (χ4n) is 4.19. The molecule has 12 heteroatoms. The van der Waals surface area contributed by atoms with Crippen LogP contribution in [0.3, 0.4) is 0 Å². The Bertz CT molecular complexity index is 1580. The summed E-state index contributed by atoms with van der Waals surface area (Å²) in [6, 6.07) is 17.4. The molecule has 1 N–H and O–H groups in total. The summed E-state index contributed by atoms with van der Waals surface area (Å²) in [5.41, 5.74) is 1.14. The van der Waals surface area contributed by atoms with Crippen LogP contribution in [-0.4, -0.2) is 50.2 Å². The summed E-state index contributed by atoms with van der Waals surface area (Å²) >= 11 is 12.1. The van der Waals surface area contributed by atoms with Crippen molar-refractivity contribution in [1.82, 2.24) is 9.62 Å². The van der Waals surface area contributed by atoms with Crippen molar-refractivity contribution in [2.24, 2.45) is 0 Å². The second-order valence-electron chi connectivity index (χ2n) is 9.03. The van der Waals surface area contributed by atoms with Gasteiger partial charge in [-0.25, -0.2) is 12.7 Å². The molecule has 3 aromatic carbocycles. The van der Waals surface area contributed by atoms with E-state index in [4.69, 9.17) is 32.7 Å². The van der Waals surface area contributed by atoms with Crippen molar-refractivity contribution in [2.45, 2.75) is 30.4 Å². The average molecular weight is 618 g/mol. The molecule has 2 amide bonds.